The number of phosphoric ester groups is 1. The van der Waals surface area contributed by atoms with Crippen molar-refractivity contribution in [2.45, 2.75) is 264 Å². The van der Waals surface area contributed by atoms with Gasteiger partial charge in [0.05, 0.1) is 27.7 Å². The van der Waals surface area contributed by atoms with Crippen molar-refractivity contribution in [2.75, 3.05) is 47.5 Å². The molecular formula is C72H122NO8P. The highest BCUT2D eigenvalue weighted by molar-refractivity contribution is 7.45. The summed E-state index contributed by atoms with van der Waals surface area (Å²) in [6, 6.07) is 0. The molecule has 0 fully saturated rings. The molecule has 0 aliphatic rings. The van der Waals surface area contributed by atoms with Crippen LogP contribution in [-0.4, -0.2) is 70.0 Å². The zero-order chi connectivity index (χ0) is 59.8. The van der Waals surface area contributed by atoms with Crippen LogP contribution >= 0.6 is 7.82 Å². The Balaban J connectivity index is 4.13. The summed E-state index contributed by atoms with van der Waals surface area (Å²) in [5.74, 6) is -0.842. The molecule has 0 aromatic heterocycles. The molecule has 0 amide bonds. The van der Waals surface area contributed by atoms with Crippen LogP contribution in [0.2, 0.25) is 0 Å². The van der Waals surface area contributed by atoms with Crippen LogP contribution < -0.4 is 4.89 Å². The van der Waals surface area contributed by atoms with E-state index in [1.807, 2.05) is 21.1 Å². The number of ether oxygens (including phenoxy) is 2. The number of quaternary nitrogens is 1. The molecule has 0 aliphatic carbocycles. The Morgan fingerprint density at radius 1 is 0.378 bits per heavy atom. The maximum Gasteiger partial charge on any atom is 0.306 e. The van der Waals surface area contributed by atoms with E-state index in [0.717, 1.165) is 116 Å². The second-order valence-electron chi connectivity index (χ2n) is 22.7. The topological polar surface area (TPSA) is 111 Å². The Bertz CT molecular complexity index is 1850. The van der Waals surface area contributed by atoms with E-state index in [1.54, 1.807) is 0 Å². The Labute approximate surface area is 504 Å². The van der Waals surface area contributed by atoms with Crippen LogP contribution in [0.25, 0.3) is 0 Å². The number of phosphoric acid groups is 1. The molecule has 9 nitrogen and oxygen atoms in total. The zero-order valence-corrected chi connectivity index (χ0v) is 54.0. The molecule has 0 aliphatic heterocycles. The average Bonchev–Trinajstić information content (AvgIpc) is 3.46. The summed E-state index contributed by atoms with van der Waals surface area (Å²) in [5.41, 5.74) is 0. The number of rotatable bonds is 59. The van der Waals surface area contributed by atoms with Gasteiger partial charge in [-0.05, 0) is 109 Å². The molecule has 10 heteroatoms. The SMILES string of the molecule is CC/C=C\C/C=C\C/C=C\C/C=C\C/C=C\C/C=C\C/C=C\CCCCCCCCCCCCCC(=O)OC(COC(=O)CCCCCCCCCCCCCC/C=C\C/C=C\C/C=C\C/C=C\CC)COP(=O)([O-])OCC[N+](C)(C)C. The van der Waals surface area contributed by atoms with Crippen LogP contribution in [0.1, 0.15) is 258 Å². The van der Waals surface area contributed by atoms with Crippen LogP contribution in [0.15, 0.2) is 134 Å². The van der Waals surface area contributed by atoms with Crippen LogP contribution in [-0.2, 0) is 32.7 Å². The first kappa shape index (κ1) is 78.1. The summed E-state index contributed by atoms with van der Waals surface area (Å²) >= 11 is 0. The second-order valence-corrected chi connectivity index (χ2v) is 24.1. The molecule has 468 valence electrons. The summed E-state index contributed by atoms with van der Waals surface area (Å²) in [6.07, 6.45) is 89.4. The first-order chi connectivity index (χ1) is 40.0. The monoisotopic (exact) mass is 1160 g/mol. The number of hydrogen-bond donors (Lipinski definition) is 0. The lowest BCUT2D eigenvalue weighted by molar-refractivity contribution is -0.870. The van der Waals surface area contributed by atoms with Gasteiger partial charge in [0.1, 0.15) is 19.8 Å². The normalized spacial score (nSPS) is 14.1. The van der Waals surface area contributed by atoms with Crippen molar-refractivity contribution < 1.29 is 42.1 Å². The van der Waals surface area contributed by atoms with Crippen molar-refractivity contribution >= 4 is 19.8 Å². The van der Waals surface area contributed by atoms with Crippen LogP contribution in [0.5, 0.6) is 0 Å². The van der Waals surface area contributed by atoms with Crippen molar-refractivity contribution in [2.24, 2.45) is 0 Å². The second kappa shape index (κ2) is 61.7. The highest BCUT2D eigenvalue weighted by atomic mass is 31.2. The van der Waals surface area contributed by atoms with Crippen molar-refractivity contribution in [1.82, 2.24) is 0 Å². The fourth-order valence-electron chi connectivity index (χ4n) is 8.69. The minimum absolute atomic E-state index is 0.0376. The third-order valence-electron chi connectivity index (χ3n) is 13.7. The Hall–Kier alpha value is -3.85. The summed E-state index contributed by atoms with van der Waals surface area (Å²) in [6.45, 7) is 4.01. The van der Waals surface area contributed by atoms with Gasteiger partial charge >= 0.3 is 11.9 Å². The molecule has 82 heavy (non-hydrogen) atoms. The molecule has 0 rings (SSSR count). The largest absolute Gasteiger partial charge is 0.756 e. The lowest BCUT2D eigenvalue weighted by Gasteiger charge is -2.28. The number of nitrogens with zero attached hydrogens (tertiary/aromatic N) is 1. The molecular weight excluding hydrogens is 1040 g/mol. The van der Waals surface area contributed by atoms with E-state index in [1.165, 1.54) is 109 Å². The summed E-state index contributed by atoms with van der Waals surface area (Å²) in [7, 11) is 1.15. The van der Waals surface area contributed by atoms with Gasteiger partial charge in [-0.25, -0.2) is 0 Å². The van der Waals surface area contributed by atoms with Gasteiger partial charge in [-0.1, -0.05) is 270 Å². The molecule has 0 N–H and O–H groups in total. The van der Waals surface area contributed by atoms with Crippen molar-refractivity contribution in [3.8, 4) is 0 Å². The number of carbonyl (C=O) groups excluding carboxylic acids is 2. The summed E-state index contributed by atoms with van der Waals surface area (Å²) in [4.78, 5) is 38.0. The van der Waals surface area contributed by atoms with E-state index in [0.29, 0.717) is 17.4 Å². The minimum atomic E-state index is -4.65. The maximum absolute atomic E-state index is 12.9. The minimum Gasteiger partial charge on any atom is -0.756 e. The number of unbranched alkanes of at least 4 members (excludes halogenated alkanes) is 23. The molecule has 0 radical (unpaired) electrons. The Kier molecular flexibility index (Phi) is 58.8. The number of allylic oxidation sites excluding steroid dienone is 22. The van der Waals surface area contributed by atoms with Gasteiger partial charge in [-0.3, -0.25) is 14.2 Å². The molecule has 0 bridgehead atoms. The van der Waals surface area contributed by atoms with E-state index < -0.39 is 26.5 Å². The van der Waals surface area contributed by atoms with E-state index in [4.69, 9.17) is 18.5 Å². The first-order valence-electron chi connectivity index (χ1n) is 32.9. The third-order valence-corrected chi connectivity index (χ3v) is 14.6. The third kappa shape index (κ3) is 65.3. The molecule has 0 saturated carbocycles. The number of likely N-dealkylation sites (N-methyl/N-ethyl adjacent to an activating group) is 1. The van der Waals surface area contributed by atoms with Crippen molar-refractivity contribution in [3.05, 3.63) is 134 Å². The molecule has 0 aromatic rings. The van der Waals surface area contributed by atoms with Crippen LogP contribution in [0, 0.1) is 0 Å². The zero-order valence-electron chi connectivity index (χ0n) is 53.1. The average molecular weight is 1160 g/mol. The van der Waals surface area contributed by atoms with E-state index >= 15 is 0 Å². The van der Waals surface area contributed by atoms with E-state index in [2.05, 4.69) is 148 Å². The Morgan fingerprint density at radius 3 is 0.976 bits per heavy atom. The summed E-state index contributed by atoms with van der Waals surface area (Å²) < 4.78 is 34.3. The molecule has 0 spiro atoms. The standard InChI is InChI=1S/C72H122NO8P/c1-6-8-10-12-14-16-18-20-22-24-26-28-30-32-33-34-35-36-37-38-39-41-43-45-47-49-51-53-55-57-59-61-63-65-72(75)81-70(69-80-82(76,77)79-67-66-73(3,4)5)68-78-71(74)64-62-60-58-56-54-52-50-48-46-44-42-40-31-29-27-25-23-21-19-17-15-13-11-9-7-2/h8-11,14-17,20-23,26-29,32-33,35-36,38-39,70H,6-7,12-13,18-19,24-25,30-31,34,37,40-69H2,1-5H3/b10-8-,11-9-,16-14-,17-15-,22-20-,23-21-,28-26-,29-27-,33-32-,36-35-,39-38-. The molecule has 0 saturated heterocycles. The van der Waals surface area contributed by atoms with Gasteiger partial charge in [0.15, 0.2) is 6.10 Å². The fourth-order valence-corrected chi connectivity index (χ4v) is 9.42. The van der Waals surface area contributed by atoms with Gasteiger partial charge in [0, 0.05) is 12.8 Å². The lowest BCUT2D eigenvalue weighted by atomic mass is 10.0. The maximum atomic E-state index is 12.9. The Morgan fingerprint density at radius 2 is 0.659 bits per heavy atom. The molecule has 2 unspecified atom stereocenters. The molecule has 0 aromatic carbocycles. The lowest BCUT2D eigenvalue weighted by Crippen LogP contribution is -2.37. The number of hydrogen-bond acceptors (Lipinski definition) is 8. The molecule has 2 atom stereocenters. The van der Waals surface area contributed by atoms with Crippen molar-refractivity contribution in [3.63, 3.8) is 0 Å². The first-order valence-corrected chi connectivity index (χ1v) is 34.4. The van der Waals surface area contributed by atoms with Gasteiger partial charge < -0.3 is 27.9 Å². The van der Waals surface area contributed by atoms with Crippen LogP contribution in [0.4, 0.5) is 0 Å². The molecule has 0 heterocycles. The van der Waals surface area contributed by atoms with Crippen molar-refractivity contribution in [1.29, 1.82) is 0 Å². The quantitative estimate of drug-likeness (QED) is 0.0195. The highest BCUT2D eigenvalue weighted by Crippen LogP contribution is 2.38. The smallest absolute Gasteiger partial charge is 0.306 e. The van der Waals surface area contributed by atoms with E-state index in [-0.39, 0.29) is 32.0 Å². The van der Waals surface area contributed by atoms with Gasteiger partial charge in [0.25, 0.3) is 7.82 Å². The van der Waals surface area contributed by atoms with E-state index in [9.17, 15) is 19.0 Å². The fraction of sp³-hybridized carbons (Fsp3) is 0.667. The van der Waals surface area contributed by atoms with Crippen LogP contribution in [0.3, 0.4) is 0 Å². The summed E-state index contributed by atoms with van der Waals surface area (Å²) in [5, 5.41) is 0. The van der Waals surface area contributed by atoms with Gasteiger partial charge in [-0.15, -0.1) is 0 Å². The predicted molar refractivity (Wildman–Crippen MR) is 351 cm³/mol. The van der Waals surface area contributed by atoms with Gasteiger partial charge in [0.2, 0.25) is 0 Å². The predicted octanol–water partition coefficient (Wildman–Crippen LogP) is 20.6. The highest BCUT2D eigenvalue weighted by Gasteiger charge is 2.22. The number of carbonyl (C=O) groups is 2. The van der Waals surface area contributed by atoms with Gasteiger partial charge in [-0.2, -0.15) is 0 Å². The number of esters is 2.